The molecule has 0 aliphatic rings. The van der Waals surface area contributed by atoms with Gasteiger partial charge >= 0.3 is 0 Å². The van der Waals surface area contributed by atoms with E-state index in [0.717, 1.165) is 4.90 Å². The molecule has 2 nitrogen and oxygen atoms in total. The molecule has 0 saturated carbocycles. The first kappa shape index (κ1) is 11.4. The molecule has 0 aliphatic heterocycles. The minimum atomic E-state index is -0.884. The van der Waals surface area contributed by atoms with Gasteiger partial charge in [0.1, 0.15) is 0 Å². The van der Waals surface area contributed by atoms with Crippen LogP contribution >= 0.6 is 0 Å². The summed E-state index contributed by atoms with van der Waals surface area (Å²) in [5.41, 5.74) is 1.20. The minimum Gasteiger partial charge on any atom is -0.316 e. The maximum atomic E-state index is 11.8. The van der Waals surface area contributed by atoms with Gasteiger partial charge in [-0.3, -0.25) is 4.21 Å². The molecule has 2 atom stereocenters. The largest absolute Gasteiger partial charge is 0.316 e. The first-order valence-corrected chi connectivity index (χ1v) is 6.07. The van der Waals surface area contributed by atoms with Crippen LogP contribution in [0.1, 0.15) is 12.5 Å². The van der Waals surface area contributed by atoms with Crippen LogP contribution in [0.5, 0.6) is 0 Å². The van der Waals surface area contributed by atoms with Crippen molar-refractivity contribution in [2.45, 2.75) is 24.8 Å². The highest BCUT2D eigenvalue weighted by molar-refractivity contribution is 7.85. The van der Waals surface area contributed by atoms with Crippen molar-refractivity contribution in [3.8, 4) is 0 Å². The highest BCUT2D eigenvalue weighted by Gasteiger charge is 2.07. The van der Waals surface area contributed by atoms with Gasteiger partial charge in [-0.2, -0.15) is 0 Å². The Kier molecular flexibility index (Phi) is 4.29. The maximum Gasteiger partial charge on any atom is 0.0545 e. The maximum absolute atomic E-state index is 11.8. The van der Waals surface area contributed by atoms with E-state index in [-0.39, 0.29) is 6.04 Å². The van der Waals surface area contributed by atoms with E-state index < -0.39 is 10.8 Å². The van der Waals surface area contributed by atoms with Gasteiger partial charge in [0.2, 0.25) is 0 Å². The Balaban J connectivity index is 2.65. The van der Waals surface area contributed by atoms with Gasteiger partial charge < -0.3 is 5.32 Å². The van der Waals surface area contributed by atoms with Gasteiger partial charge in [-0.05, 0) is 33.0 Å². The lowest BCUT2D eigenvalue weighted by atomic mass is 10.2. The van der Waals surface area contributed by atoms with Crippen molar-refractivity contribution < 1.29 is 4.21 Å². The second kappa shape index (κ2) is 5.27. The second-order valence-electron chi connectivity index (χ2n) is 3.51. The Labute approximate surface area is 88.2 Å². The molecule has 0 saturated heterocycles. The van der Waals surface area contributed by atoms with E-state index in [0.29, 0.717) is 5.75 Å². The molecule has 2 unspecified atom stereocenters. The van der Waals surface area contributed by atoms with E-state index in [2.05, 4.69) is 5.32 Å². The van der Waals surface area contributed by atoms with Crippen molar-refractivity contribution in [2.24, 2.45) is 0 Å². The molecule has 0 heterocycles. The normalized spacial score (nSPS) is 15.1. The molecule has 1 aromatic carbocycles. The number of nitrogens with one attached hydrogen (secondary N) is 1. The Bertz CT molecular complexity index is 308. The Morgan fingerprint density at radius 2 is 1.93 bits per heavy atom. The van der Waals surface area contributed by atoms with Crippen LogP contribution in [-0.4, -0.2) is 23.1 Å². The summed E-state index contributed by atoms with van der Waals surface area (Å²) in [5, 5.41) is 3.08. The summed E-state index contributed by atoms with van der Waals surface area (Å²) in [6.07, 6.45) is 0. The summed E-state index contributed by atoms with van der Waals surface area (Å²) >= 11 is 0. The van der Waals surface area contributed by atoms with Crippen molar-refractivity contribution in [1.82, 2.24) is 5.32 Å². The number of hydrogen-bond acceptors (Lipinski definition) is 2. The zero-order valence-electron chi connectivity index (χ0n) is 8.91. The van der Waals surface area contributed by atoms with E-state index in [1.807, 2.05) is 45.2 Å². The standard InChI is InChI=1S/C11H17NOS/c1-9-4-6-11(7-5-9)14(13)8-10(2)12-3/h4-7,10,12H,8H2,1-3H3. The van der Waals surface area contributed by atoms with Crippen LogP contribution in [0.25, 0.3) is 0 Å². The molecule has 0 bridgehead atoms. The third-order valence-corrected chi connectivity index (χ3v) is 3.78. The summed E-state index contributed by atoms with van der Waals surface area (Å²) in [7, 11) is 1.00. The van der Waals surface area contributed by atoms with Gasteiger partial charge in [-0.1, -0.05) is 17.7 Å². The molecule has 0 aliphatic carbocycles. The third-order valence-electron chi connectivity index (χ3n) is 2.18. The fourth-order valence-corrected chi connectivity index (χ4v) is 2.35. The Morgan fingerprint density at radius 1 is 1.36 bits per heavy atom. The van der Waals surface area contributed by atoms with E-state index in [1.165, 1.54) is 5.56 Å². The predicted molar refractivity (Wildman–Crippen MR) is 61.0 cm³/mol. The van der Waals surface area contributed by atoms with Crippen LogP contribution in [-0.2, 0) is 10.8 Å². The molecule has 78 valence electrons. The number of rotatable bonds is 4. The number of aryl methyl sites for hydroxylation is 1. The molecule has 0 amide bonds. The quantitative estimate of drug-likeness (QED) is 0.821. The first-order chi connectivity index (χ1) is 6.63. The number of hydrogen-bond donors (Lipinski definition) is 1. The lowest BCUT2D eigenvalue weighted by Gasteiger charge is -2.09. The molecule has 0 radical (unpaired) electrons. The van der Waals surface area contributed by atoms with Crippen LogP contribution in [0.2, 0.25) is 0 Å². The Morgan fingerprint density at radius 3 is 2.43 bits per heavy atom. The van der Waals surface area contributed by atoms with Crippen molar-refractivity contribution in [2.75, 3.05) is 12.8 Å². The predicted octanol–water partition coefficient (Wildman–Crippen LogP) is 1.71. The van der Waals surface area contributed by atoms with Crippen LogP contribution in [0.3, 0.4) is 0 Å². The monoisotopic (exact) mass is 211 g/mol. The summed E-state index contributed by atoms with van der Waals surface area (Å²) in [6.45, 7) is 4.06. The van der Waals surface area contributed by atoms with E-state index in [4.69, 9.17) is 0 Å². The zero-order chi connectivity index (χ0) is 10.6. The van der Waals surface area contributed by atoms with E-state index in [9.17, 15) is 4.21 Å². The molecular formula is C11H17NOS. The third kappa shape index (κ3) is 3.24. The summed E-state index contributed by atoms with van der Waals surface area (Å²) in [6, 6.07) is 8.16. The first-order valence-electron chi connectivity index (χ1n) is 4.76. The van der Waals surface area contributed by atoms with Crippen molar-refractivity contribution in [1.29, 1.82) is 0 Å². The van der Waals surface area contributed by atoms with Gasteiger partial charge in [-0.15, -0.1) is 0 Å². The van der Waals surface area contributed by atoms with Crippen molar-refractivity contribution >= 4 is 10.8 Å². The summed E-state index contributed by atoms with van der Waals surface area (Å²) in [4.78, 5) is 0.915. The van der Waals surface area contributed by atoms with Gasteiger partial charge in [0.05, 0.1) is 10.8 Å². The number of benzene rings is 1. The molecule has 1 N–H and O–H groups in total. The van der Waals surface area contributed by atoms with Crippen LogP contribution in [0, 0.1) is 6.92 Å². The zero-order valence-corrected chi connectivity index (χ0v) is 9.73. The van der Waals surface area contributed by atoms with Gasteiger partial charge in [0, 0.05) is 16.7 Å². The Hall–Kier alpha value is -0.670. The van der Waals surface area contributed by atoms with Crippen LogP contribution in [0.15, 0.2) is 29.2 Å². The molecule has 0 fully saturated rings. The van der Waals surface area contributed by atoms with Crippen LogP contribution < -0.4 is 5.32 Å². The van der Waals surface area contributed by atoms with Gasteiger partial charge in [0.15, 0.2) is 0 Å². The van der Waals surface area contributed by atoms with E-state index in [1.54, 1.807) is 0 Å². The second-order valence-corrected chi connectivity index (χ2v) is 5.01. The molecule has 3 heteroatoms. The molecule has 14 heavy (non-hydrogen) atoms. The molecule has 1 aromatic rings. The minimum absolute atomic E-state index is 0.289. The van der Waals surface area contributed by atoms with Crippen molar-refractivity contribution in [3.05, 3.63) is 29.8 Å². The lowest BCUT2D eigenvalue weighted by Crippen LogP contribution is -2.27. The van der Waals surface area contributed by atoms with E-state index >= 15 is 0 Å². The molecule has 0 aromatic heterocycles. The summed E-state index contributed by atoms with van der Waals surface area (Å²) in [5.74, 6) is 0.666. The molecule has 0 spiro atoms. The van der Waals surface area contributed by atoms with Crippen molar-refractivity contribution in [3.63, 3.8) is 0 Å². The smallest absolute Gasteiger partial charge is 0.0545 e. The highest BCUT2D eigenvalue weighted by Crippen LogP contribution is 2.09. The SMILES string of the molecule is CNC(C)CS(=O)c1ccc(C)cc1. The summed E-state index contributed by atoms with van der Waals surface area (Å²) < 4.78 is 11.8. The average molecular weight is 211 g/mol. The fourth-order valence-electron chi connectivity index (χ4n) is 1.10. The topological polar surface area (TPSA) is 29.1 Å². The van der Waals surface area contributed by atoms with Crippen LogP contribution in [0.4, 0.5) is 0 Å². The average Bonchev–Trinajstić information content (AvgIpc) is 2.18. The van der Waals surface area contributed by atoms with Gasteiger partial charge in [-0.25, -0.2) is 0 Å². The highest BCUT2D eigenvalue weighted by atomic mass is 32.2. The molecular weight excluding hydrogens is 194 g/mol. The fraction of sp³-hybridized carbons (Fsp3) is 0.455. The van der Waals surface area contributed by atoms with Gasteiger partial charge in [0.25, 0.3) is 0 Å². The lowest BCUT2D eigenvalue weighted by molar-refractivity contribution is 0.646. The molecule has 1 rings (SSSR count).